The van der Waals surface area contributed by atoms with Crippen LogP contribution in [0.15, 0.2) is 72.3 Å². The molecule has 0 heterocycles. The number of ketones is 1. The third-order valence-electron chi connectivity index (χ3n) is 6.28. The van der Waals surface area contributed by atoms with Crippen molar-refractivity contribution >= 4 is 12.1 Å². The monoisotopic (exact) mass is 487 g/mol. The van der Waals surface area contributed by atoms with Crippen LogP contribution in [0.2, 0.25) is 0 Å². The van der Waals surface area contributed by atoms with Crippen molar-refractivity contribution in [3.63, 3.8) is 0 Å². The molecular formula is C31H39N2O3. The zero-order valence-electron chi connectivity index (χ0n) is 22.5. The van der Waals surface area contributed by atoms with Crippen molar-refractivity contribution in [3.05, 3.63) is 83.5 Å². The molecule has 1 aliphatic carbocycles. The maximum atomic E-state index is 13.0. The van der Waals surface area contributed by atoms with Crippen LogP contribution >= 0.6 is 0 Å². The average molecular weight is 488 g/mol. The van der Waals surface area contributed by atoms with Gasteiger partial charge in [-0.2, -0.15) is 0 Å². The van der Waals surface area contributed by atoms with Crippen LogP contribution in [0.4, 0.5) is 0 Å². The molecule has 191 valence electrons. The highest BCUT2D eigenvalue weighted by atomic mass is 16.5. The molecule has 0 aliphatic heterocycles. The molecule has 2 aromatic rings. The van der Waals surface area contributed by atoms with Gasteiger partial charge in [-0.3, -0.25) is 14.5 Å². The highest BCUT2D eigenvalue weighted by Gasteiger charge is 2.31. The first kappa shape index (κ1) is 27.6. The fourth-order valence-corrected chi connectivity index (χ4v) is 4.60. The Balaban J connectivity index is 1.94. The predicted octanol–water partition coefficient (Wildman–Crippen LogP) is 5.75. The molecule has 0 saturated carbocycles. The predicted molar refractivity (Wildman–Crippen MR) is 146 cm³/mol. The zero-order chi connectivity index (χ0) is 26.3. The van der Waals surface area contributed by atoms with Crippen molar-refractivity contribution in [1.29, 1.82) is 0 Å². The van der Waals surface area contributed by atoms with Gasteiger partial charge in [-0.05, 0) is 57.1 Å². The Hall–Kier alpha value is -3.02. The largest absolute Gasteiger partial charge is 0.457 e. The molecule has 0 aromatic heterocycles. The van der Waals surface area contributed by atoms with Gasteiger partial charge in [0, 0.05) is 31.2 Å². The van der Waals surface area contributed by atoms with Crippen molar-refractivity contribution in [2.45, 2.75) is 46.7 Å². The van der Waals surface area contributed by atoms with Gasteiger partial charge in [0.05, 0.1) is 11.5 Å². The number of para-hydroxylation sites is 1. The van der Waals surface area contributed by atoms with Crippen LogP contribution in [0.25, 0.3) is 0 Å². The smallest absolute Gasteiger partial charge is 0.237 e. The Labute approximate surface area is 216 Å². The molecule has 36 heavy (non-hydrogen) atoms. The Morgan fingerprint density at radius 2 is 1.75 bits per heavy atom. The van der Waals surface area contributed by atoms with Crippen molar-refractivity contribution in [1.82, 2.24) is 9.80 Å². The molecule has 5 heteroatoms. The minimum Gasteiger partial charge on any atom is -0.457 e. The maximum absolute atomic E-state index is 13.0. The second-order valence-corrected chi connectivity index (χ2v) is 11.2. The molecule has 2 aromatic carbocycles. The summed E-state index contributed by atoms with van der Waals surface area (Å²) in [6, 6.07) is 16.3. The first-order chi connectivity index (χ1) is 17.1. The fraction of sp³-hybridized carbons (Fsp3) is 0.419. The van der Waals surface area contributed by atoms with Crippen molar-refractivity contribution in [2.24, 2.45) is 11.3 Å². The molecule has 1 unspecified atom stereocenters. The molecule has 0 bridgehead atoms. The molecular weight excluding hydrogens is 448 g/mol. The maximum Gasteiger partial charge on any atom is 0.237 e. The van der Waals surface area contributed by atoms with Gasteiger partial charge < -0.3 is 9.64 Å². The number of hydrogen-bond donors (Lipinski definition) is 0. The summed E-state index contributed by atoms with van der Waals surface area (Å²) >= 11 is 0. The molecule has 1 aliphatic rings. The van der Waals surface area contributed by atoms with E-state index in [2.05, 4.69) is 57.7 Å². The van der Waals surface area contributed by atoms with Crippen LogP contribution in [-0.2, 0) is 16.1 Å². The molecule has 1 radical (unpaired) electrons. The molecule has 0 N–H and O–H groups in total. The number of benzene rings is 2. The van der Waals surface area contributed by atoms with Crippen LogP contribution in [0.1, 0.15) is 38.3 Å². The van der Waals surface area contributed by atoms with Crippen molar-refractivity contribution in [3.8, 4) is 11.5 Å². The highest BCUT2D eigenvalue weighted by Crippen LogP contribution is 2.31. The van der Waals surface area contributed by atoms with E-state index in [1.807, 2.05) is 54.8 Å². The van der Waals surface area contributed by atoms with Crippen LogP contribution in [0.3, 0.4) is 0 Å². The van der Waals surface area contributed by atoms with Crippen LogP contribution in [0, 0.1) is 18.3 Å². The number of carbonyl (C=O) groups is 1. The van der Waals surface area contributed by atoms with Gasteiger partial charge in [0.1, 0.15) is 11.5 Å². The van der Waals surface area contributed by atoms with Gasteiger partial charge in [0.15, 0.2) is 5.78 Å². The van der Waals surface area contributed by atoms with Gasteiger partial charge in [-0.1, -0.05) is 68.8 Å². The average Bonchev–Trinajstić information content (AvgIpc) is 2.81. The lowest BCUT2D eigenvalue weighted by atomic mass is 9.86. The lowest BCUT2D eigenvalue weighted by Gasteiger charge is -2.39. The number of ether oxygens (including phenoxy) is 1. The Morgan fingerprint density at radius 1 is 1.06 bits per heavy atom. The second-order valence-electron chi connectivity index (χ2n) is 11.2. The van der Waals surface area contributed by atoms with Gasteiger partial charge in [0.2, 0.25) is 6.29 Å². The SMILES string of the molecule is Cc1ccc(Oc2ccccc2CN(CC2C=CC=C([C]=O)C2=O)[C@H](CN(C)C)CC(C)(C)C)cc1. The number of hydrogen-bond acceptors (Lipinski definition) is 5. The van der Waals surface area contributed by atoms with Crippen molar-refractivity contribution in [2.75, 3.05) is 27.2 Å². The summed E-state index contributed by atoms with van der Waals surface area (Å²) < 4.78 is 6.29. The van der Waals surface area contributed by atoms with E-state index in [4.69, 9.17) is 4.74 Å². The van der Waals surface area contributed by atoms with Gasteiger partial charge in [0.25, 0.3) is 0 Å². The van der Waals surface area contributed by atoms with E-state index in [9.17, 15) is 9.59 Å². The van der Waals surface area contributed by atoms with Crippen LogP contribution in [-0.4, -0.2) is 55.1 Å². The Morgan fingerprint density at radius 3 is 2.39 bits per heavy atom. The third kappa shape index (κ3) is 8.00. The summed E-state index contributed by atoms with van der Waals surface area (Å²) in [5.41, 5.74) is 2.46. The minimum atomic E-state index is -0.388. The Bertz CT molecular complexity index is 1090. The minimum absolute atomic E-state index is 0.102. The quantitative estimate of drug-likeness (QED) is 0.378. The van der Waals surface area contributed by atoms with E-state index in [1.54, 1.807) is 12.2 Å². The number of Topliss-reactive ketones (excluding diaryl/α,β-unsaturated/α-hetero) is 1. The molecule has 5 nitrogen and oxygen atoms in total. The van der Waals surface area contributed by atoms with E-state index >= 15 is 0 Å². The molecule has 2 atom stereocenters. The summed E-state index contributed by atoms with van der Waals surface area (Å²) in [5, 5.41) is 0. The topological polar surface area (TPSA) is 49.9 Å². The number of allylic oxidation sites excluding steroid dienone is 3. The summed E-state index contributed by atoms with van der Waals surface area (Å²) in [6.45, 7) is 10.8. The first-order valence-electron chi connectivity index (χ1n) is 12.6. The van der Waals surface area contributed by atoms with E-state index < -0.39 is 0 Å². The normalized spacial score (nSPS) is 16.8. The molecule has 0 spiro atoms. The van der Waals surface area contributed by atoms with Gasteiger partial charge in [-0.25, -0.2) is 0 Å². The van der Waals surface area contributed by atoms with Crippen LogP contribution in [0.5, 0.6) is 11.5 Å². The third-order valence-corrected chi connectivity index (χ3v) is 6.28. The first-order valence-corrected chi connectivity index (χ1v) is 12.6. The standard InChI is InChI=1S/C31H39N2O3/c1-23-14-16-28(17-15-23)36-29-13-8-7-10-24(29)19-33(27(21-32(5)6)18-31(2,3)4)20-25-11-9-12-26(22-34)30(25)35/h7-17,25,27H,18-21H2,1-6H3/t25?,27-/m0/s1. The second kappa shape index (κ2) is 12.3. The van der Waals surface area contributed by atoms with E-state index in [0.29, 0.717) is 13.1 Å². The number of carbonyl (C=O) groups excluding carboxylic acids is 2. The fourth-order valence-electron chi connectivity index (χ4n) is 4.60. The summed E-state index contributed by atoms with van der Waals surface area (Å²) in [6.07, 6.45) is 8.01. The zero-order valence-corrected chi connectivity index (χ0v) is 22.5. The molecule has 0 amide bonds. The summed E-state index contributed by atoms with van der Waals surface area (Å²) in [7, 11) is 4.16. The van der Waals surface area contributed by atoms with Gasteiger partial charge in [-0.15, -0.1) is 0 Å². The van der Waals surface area contributed by atoms with Gasteiger partial charge >= 0.3 is 0 Å². The molecule has 0 saturated heterocycles. The number of nitrogens with zero attached hydrogens (tertiary/aromatic N) is 2. The highest BCUT2D eigenvalue weighted by molar-refractivity contribution is 6.14. The van der Waals surface area contributed by atoms with Crippen molar-refractivity contribution < 1.29 is 14.3 Å². The van der Waals surface area contributed by atoms with Crippen LogP contribution < -0.4 is 4.74 Å². The molecule has 0 fully saturated rings. The summed E-state index contributed by atoms with van der Waals surface area (Å²) in [5.74, 6) is 1.04. The number of likely N-dealkylation sites (N-methyl/N-ethyl adjacent to an activating group) is 1. The van der Waals surface area contributed by atoms with E-state index in [-0.39, 0.29) is 28.7 Å². The number of rotatable bonds is 11. The Kier molecular flexibility index (Phi) is 9.41. The summed E-state index contributed by atoms with van der Waals surface area (Å²) in [4.78, 5) is 28.9. The van der Waals surface area contributed by atoms with E-state index in [1.165, 1.54) is 5.56 Å². The van der Waals surface area contributed by atoms with E-state index in [0.717, 1.165) is 30.0 Å². The number of aryl methyl sites for hydroxylation is 1. The molecule has 3 rings (SSSR count). The lowest BCUT2D eigenvalue weighted by Crippen LogP contribution is -2.46. The lowest BCUT2D eigenvalue weighted by molar-refractivity contribution is -0.118.